The van der Waals surface area contributed by atoms with Crippen LogP contribution >= 0.6 is 11.6 Å². The summed E-state index contributed by atoms with van der Waals surface area (Å²) in [6, 6.07) is 5.33. The lowest BCUT2D eigenvalue weighted by molar-refractivity contribution is 0.187. The van der Waals surface area contributed by atoms with Gasteiger partial charge in [0.05, 0.1) is 11.6 Å². The monoisotopic (exact) mass is 252 g/mol. The third-order valence-corrected chi connectivity index (χ3v) is 2.70. The lowest BCUT2D eigenvalue weighted by atomic mass is 10.2. The van der Waals surface area contributed by atoms with Gasteiger partial charge in [0.2, 0.25) is 0 Å². The largest absolute Gasteiger partial charge is 0.399 e. The Hall–Kier alpha value is -1.59. The van der Waals surface area contributed by atoms with Crippen molar-refractivity contribution >= 4 is 17.3 Å². The third-order valence-electron chi connectivity index (χ3n) is 2.39. The molecule has 0 atom stereocenters. The molecule has 0 bridgehead atoms. The number of hydrogen-bond acceptors (Lipinski definition) is 4. The molecule has 2 rings (SSSR count). The molecule has 0 spiro atoms. The molecular formula is C11H13ClN4O. The number of halogens is 1. The highest BCUT2D eigenvalue weighted by Crippen LogP contribution is 2.27. The maximum atomic E-state index is 6.13. The number of anilines is 1. The number of hydrogen-bond donors (Lipinski definition) is 1. The van der Waals surface area contributed by atoms with Crippen LogP contribution in [0.15, 0.2) is 24.5 Å². The average molecular weight is 253 g/mol. The van der Waals surface area contributed by atoms with Crippen LogP contribution in [0.1, 0.15) is 0 Å². The molecule has 0 fully saturated rings. The summed E-state index contributed by atoms with van der Waals surface area (Å²) < 4.78 is 6.92. The van der Waals surface area contributed by atoms with Gasteiger partial charge in [-0.15, -0.1) is 10.2 Å². The highest BCUT2D eigenvalue weighted by molar-refractivity contribution is 6.33. The zero-order valence-corrected chi connectivity index (χ0v) is 10.2. The first-order chi connectivity index (χ1) is 8.22. The van der Waals surface area contributed by atoms with Gasteiger partial charge in [-0.1, -0.05) is 11.6 Å². The molecule has 0 aliphatic carbocycles. The Balaban J connectivity index is 2.35. The molecule has 2 N–H and O–H groups in total. The molecular weight excluding hydrogens is 240 g/mol. The number of methoxy groups -OCH3 is 1. The van der Waals surface area contributed by atoms with E-state index in [1.165, 1.54) is 0 Å². The van der Waals surface area contributed by atoms with Gasteiger partial charge in [0.25, 0.3) is 0 Å². The van der Waals surface area contributed by atoms with Crippen molar-refractivity contribution in [1.29, 1.82) is 0 Å². The van der Waals surface area contributed by atoms with Crippen LogP contribution in [0, 0.1) is 0 Å². The van der Waals surface area contributed by atoms with Gasteiger partial charge in [-0.2, -0.15) is 0 Å². The maximum Gasteiger partial charge on any atom is 0.165 e. The predicted octanol–water partition coefficient (Wildman–Crippen LogP) is 1.83. The number of rotatable bonds is 4. The van der Waals surface area contributed by atoms with Crippen LogP contribution in [0.25, 0.3) is 11.4 Å². The second-order valence-electron chi connectivity index (χ2n) is 3.58. The van der Waals surface area contributed by atoms with Gasteiger partial charge >= 0.3 is 0 Å². The van der Waals surface area contributed by atoms with Crippen molar-refractivity contribution in [2.24, 2.45) is 0 Å². The summed E-state index contributed by atoms with van der Waals surface area (Å²) in [6.07, 6.45) is 1.65. The highest BCUT2D eigenvalue weighted by Gasteiger charge is 2.10. The molecule has 0 saturated carbocycles. The second kappa shape index (κ2) is 5.16. The molecule has 0 radical (unpaired) electrons. The first kappa shape index (κ1) is 11.9. The molecule has 2 aromatic rings. The predicted molar refractivity (Wildman–Crippen MR) is 66.8 cm³/mol. The van der Waals surface area contributed by atoms with Gasteiger partial charge in [0, 0.05) is 24.9 Å². The minimum Gasteiger partial charge on any atom is -0.399 e. The van der Waals surface area contributed by atoms with E-state index in [4.69, 9.17) is 22.1 Å². The number of nitrogens with zero attached hydrogens (tertiary/aromatic N) is 3. The Kier molecular flexibility index (Phi) is 3.61. The SMILES string of the molecule is COCCn1cnnc1-c1ccc(N)cc1Cl. The van der Waals surface area contributed by atoms with Crippen LogP contribution in [0.3, 0.4) is 0 Å². The van der Waals surface area contributed by atoms with Crippen LogP contribution in [-0.4, -0.2) is 28.5 Å². The Morgan fingerprint density at radius 1 is 1.47 bits per heavy atom. The Bertz CT molecular complexity index is 512. The van der Waals surface area contributed by atoms with Crippen molar-refractivity contribution in [3.63, 3.8) is 0 Å². The zero-order chi connectivity index (χ0) is 12.3. The Morgan fingerprint density at radius 2 is 2.29 bits per heavy atom. The van der Waals surface area contributed by atoms with E-state index >= 15 is 0 Å². The molecule has 0 saturated heterocycles. The summed E-state index contributed by atoms with van der Waals surface area (Å²) in [7, 11) is 1.65. The zero-order valence-electron chi connectivity index (χ0n) is 9.43. The quantitative estimate of drug-likeness (QED) is 0.843. The van der Waals surface area contributed by atoms with Crippen molar-refractivity contribution < 1.29 is 4.74 Å². The fourth-order valence-corrected chi connectivity index (χ4v) is 1.80. The topological polar surface area (TPSA) is 66.0 Å². The van der Waals surface area contributed by atoms with Gasteiger partial charge < -0.3 is 15.0 Å². The fraction of sp³-hybridized carbons (Fsp3) is 0.273. The van der Waals surface area contributed by atoms with Crippen LogP contribution in [0.5, 0.6) is 0 Å². The minimum atomic E-state index is 0.566. The molecule has 1 heterocycles. The van der Waals surface area contributed by atoms with E-state index in [0.29, 0.717) is 29.7 Å². The van der Waals surface area contributed by atoms with Crippen molar-refractivity contribution in [3.8, 4) is 11.4 Å². The van der Waals surface area contributed by atoms with Gasteiger partial charge in [-0.25, -0.2) is 0 Å². The number of benzene rings is 1. The minimum absolute atomic E-state index is 0.566. The lowest BCUT2D eigenvalue weighted by Crippen LogP contribution is -2.05. The summed E-state index contributed by atoms with van der Waals surface area (Å²) in [5.41, 5.74) is 7.09. The van der Waals surface area contributed by atoms with Crippen molar-refractivity contribution in [2.45, 2.75) is 6.54 Å². The van der Waals surface area contributed by atoms with E-state index in [9.17, 15) is 0 Å². The standard InChI is InChI=1S/C11H13ClN4O/c1-17-5-4-16-7-14-15-11(16)9-3-2-8(13)6-10(9)12/h2-3,6-7H,4-5,13H2,1H3. The number of ether oxygens (including phenoxy) is 1. The number of nitrogen functional groups attached to an aromatic ring is 1. The van der Waals surface area contributed by atoms with E-state index in [2.05, 4.69) is 10.2 Å². The molecule has 17 heavy (non-hydrogen) atoms. The van der Waals surface area contributed by atoms with E-state index in [0.717, 1.165) is 5.56 Å². The molecule has 5 nitrogen and oxygen atoms in total. The van der Waals surface area contributed by atoms with Gasteiger partial charge in [-0.05, 0) is 18.2 Å². The van der Waals surface area contributed by atoms with Gasteiger partial charge in [0.15, 0.2) is 5.82 Å². The molecule has 0 amide bonds. The van der Waals surface area contributed by atoms with Gasteiger partial charge in [0.1, 0.15) is 6.33 Å². The Morgan fingerprint density at radius 3 is 3.00 bits per heavy atom. The average Bonchev–Trinajstić information content (AvgIpc) is 2.74. The third kappa shape index (κ3) is 2.57. The van der Waals surface area contributed by atoms with Gasteiger partial charge in [-0.3, -0.25) is 0 Å². The van der Waals surface area contributed by atoms with Crippen molar-refractivity contribution in [1.82, 2.24) is 14.8 Å². The first-order valence-electron chi connectivity index (χ1n) is 5.14. The van der Waals surface area contributed by atoms with Crippen LogP contribution < -0.4 is 5.73 Å². The Labute approximate surface area is 104 Å². The number of nitrogens with two attached hydrogens (primary N) is 1. The van der Waals surface area contributed by atoms with E-state index in [1.54, 1.807) is 25.6 Å². The summed E-state index contributed by atoms with van der Waals surface area (Å²) in [6.45, 7) is 1.27. The highest BCUT2D eigenvalue weighted by atomic mass is 35.5. The van der Waals surface area contributed by atoms with Crippen LogP contribution in [0.4, 0.5) is 5.69 Å². The van der Waals surface area contributed by atoms with Crippen LogP contribution in [0.2, 0.25) is 5.02 Å². The summed E-state index contributed by atoms with van der Waals surface area (Å²) in [5, 5.41) is 8.51. The molecule has 1 aromatic heterocycles. The lowest BCUT2D eigenvalue weighted by Gasteiger charge is -2.07. The molecule has 0 aliphatic heterocycles. The molecule has 90 valence electrons. The van der Waals surface area contributed by atoms with E-state index < -0.39 is 0 Å². The smallest absolute Gasteiger partial charge is 0.165 e. The maximum absolute atomic E-state index is 6.13. The van der Waals surface area contributed by atoms with Crippen molar-refractivity contribution in [3.05, 3.63) is 29.5 Å². The summed E-state index contributed by atoms with van der Waals surface area (Å²) >= 11 is 6.13. The van der Waals surface area contributed by atoms with Crippen LogP contribution in [-0.2, 0) is 11.3 Å². The first-order valence-corrected chi connectivity index (χ1v) is 5.52. The van der Waals surface area contributed by atoms with Crippen molar-refractivity contribution in [2.75, 3.05) is 19.5 Å². The molecule has 1 aromatic carbocycles. The number of aromatic nitrogens is 3. The molecule has 0 unspecified atom stereocenters. The second-order valence-corrected chi connectivity index (χ2v) is 3.99. The summed E-state index contributed by atoms with van der Waals surface area (Å²) in [4.78, 5) is 0. The van der Waals surface area contributed by atoms with E-state index in [-0.39, 0.29) is 0 Å². The fourth-order valence-electron chi connectivity index (χ4n) is 1.53. The molecule has 6 heteroatoms. The molecule has 0 aliphatic rings. The van der Waals surface area contributed by atoms with E-state index in [1.807, 2.05) is 10.6 Å². The normalized spacial score (nSPS) is 10.7. The summed E-state index contributed by atoms with van der Waals surface area (Å²) in [5.74, 6) is 0.715.